The Morgan fingerprint density at radius 2 is 1.85 bits per heavy atom. The molecule has 3 aromatic heterocycles. The summed E-state index contributed by atoms with van der Waals surface area (Å²) in [6, 6.07) is 1.17. The molecule has 0 bridgehead atoms. The van der Waals surface area contributed by atoms with Gasteiger partial charge in [0, 0.05) is 25.4 Å². The molecule has 1 atom stereocenters. The van der Waals surface area contributed by atoms with Crippen molar-refractivity contribution in [1.29, 1.82) is 0 Å². The van der Waals surface area contributed by atoms with E-state index in [0.717, 1.165) is 23.2 Å². The van der Waals surface area contributed by atoms with Crippen LogP contribution in [-0.2, 0) is 16.2 Å². The molecule has 0 aliphatic carbocycles. The molecule has 1 saturated heterocycles. The zero-order chi connectivity index (χ0) is 24.6. The molecule has 0 spiro atoms. The molecule has 0 saturated carbocycles. The van der Waals surface area contributed by atoms with Crippen LogP contribution in [0.5, 0.6) is 0 Å². The van der Waals surface area contributed by atoms with E-state index in [1.165, 1.54) is 10.6 Å². The van der Waals surface area contributed by atoms with Gasteiger partial charge >= 0.3 is 6.18 Å². The number of rotatable bonds is 2. The van der Waals surface area contributed by atoms with Gasteiger partial charge in [0.2, 0.25) is 16.0 Å². The minimum Gasteiger partial charge on any atom is -0.392 e. The molecular formula is C18H19F5N6O3S. The van der Waals surface area contributed by atoms with E-state index in [9.17, 15) is 30.4 Å². The number of nitrogen functional groups attached to an aromatic ring is 1. The first kappa shape index (κ1) is 24.7. The summed E-state index contributed by atoms with van der Waals surface area (Å²) in [5.41, 5.74) is 3.36. The summed E-state index contributed by atoms with van der Waals surface area (Å²) in [5, 5.41) is 12.8. The van der Waals surface area contributed by atoms with Crippen LogP contribution in [0, 0.1) is 11.6 Å². The topological polar surface area (TPSA) is 127 Å². The Kier molecular flexibility index (Phi) is 6.85. The number of hydrogen-bond donors (Lipinski definition) is 2. The molecule has 9 nitrogen and oxygen atoms in total. The van der Waals surface area contributed by atoms with Crippen LogP contribution < -0.4 is 5.73 Å². The smallest absolute Gasteiger partial charge is 0.392 e. The number of anilines is 1. The molecule has 0 amide bonds. The van der Waals surface area contributed by atoms with E-state index in [-0.39, 0.29) is 29.8 Å². The van der Waals surface area contributed by atoms with Crippen LogP contribution >= 0.6 is 0 Å². The number of aromatic nitrogens is 4. The van der Waals surface area contributed by atoms with Crippen molar-refractivity contribution in [3.8, 4) is 11.4 Å². The number of aliphatic hydroxyl groups is 1. The first-order valence-electron chi connectivity index (χ1n) is 9.43. The van der Waals surface area contributed by atoms with E-state index in [2.05, 4.69) is 15.1 Å². The molecule has 180 valence electrons. The first-order chi connectivity index (χ1) is 15.3. The van der Waals surface area contributed by atoms with Crippen molar-refractivity contribution < 1.29 is 35.5 Å². The number of hydrogen-bond acceptors (Lipinski definition) is 7. The number of sulfonamides is 1. The van der Waals surface area contributed by atoms with E-state index in [0.29, 0.717) is 19.2 Å². The summed E-state index contributed by atoms with van der Waals surface area (Å²) in [4.78, 5) is 7.01. The molecule has 4 heterocycles. The maximum atomic E-state index is 13.9. The highest BCUT2D eigenvalue weighted by Crippen LogP contribution is 2.32. The highest BCUT2D eigenvalue weighted by atomic mass is 32.2. The second-order valence-electron chi connectivity index (χ2n) is 7.26. The van der Waals surface area contributed by atoms with Gasteiger partial charge < -0.3 is 10.8 Å². The Morgan fingerprint density at radius 3 is 2.39 bits per heavy atom. The van der Waals surface area contributed by atoms with Crippen molar-refractivity contribution in [2.45, 2.75) is 25.1 Å². The highest BCUT2D eigenvalue weighted by Gasteiger charge is 2.32. The molecule has 3 N–H and O–H groups in total. The third-order valence-corrected chi connectivity index (χ3v) is 6.00. The fraction of sp³-hybridized carbons (Fsp3) is 0.389. The predicted octanol–water partition coefficient (Wildman–Crippen LogP) is 2.07. The fourth-order valence-electron chi connectivity index (χ4n) is 3.14. The summed E-state index contributed by atoms with van der Waals surface area (Å²) in [7, 11) is -3.09. The standard InChI is InChI=1S/C12H6F5N5.C6H13NO3S/c13-6-2-8(22-9(6)4-20-11(18)21-22)10-7(14)1-5(3-19-10)12(15,16)17;1-11(9,10)7-4-2-3-6(8)5-7/h1-4H,(H2,18,21);6,8H,2-5H2,1H3. The second-order valence-corrected chi connectivity index (χ2v) is 9.24. The van der Waals surface area contributed by atoms with Gasteiger partial charge in [-0.2, -0.15) is 17.5 Å². The summed E-state index contributed by atoms with van der Waals surface area (Å²) >= 11 is 0. The average molecular weight is 494 g/mol. The lowest BCUT2D eigenvalue weighted by Crippen LogP contribution is -2.41. The van der Waals surface area contributed by atoms with Crippen LogP contribution in [0.4, 0.5) is 27.9 Å². The van der Waals surface area contributed by atoms with Crippen LogP contribution in [-0.4, -0.2) is 62.9 Å². The Hall–Kier alpha value is -2.91. The van der Waals surface area contributed by atoms with Gasteiger partial charge in [0.05, 0.1) is 29.8 Å². The van der Waals surface area contributed by atoms with Gasteiger partial charge in [-0.3, -0.25) is 4.98 Å². The van der Waals surface area contributed by atoms with Crippen molar-refractivity contribution in [3.05, 3.63) is 41.7 Å². The zero-order valence-electron chi connectivity index (χ0n) is 17.1. The quantitative estimate of drug-likeness (QED) is 0.523. The molecule has 4 rings (SSSR count). The van der Waals surface area contributed by atoms with Crippen molar-refractivity contribution in [1.82, 2.24) is 23.9 Å². The second kappa shape index (κ2) is 9.15. The summed E-state index contributed by atoms with van der Waals surface area (Å²) in [6.45, 7) is 0.814. The number of fused-ring (bicyclic) bond motifs is 1. The van der Waals surface area contributed by atoms with E-state index in [4.69, 9.17) is 10.8 Å². The minimum atomic E-state index is -4.73. The van der Waals surface area contributed by atoms with Crippen LogP contribution in [0.3, 0.4) is 0 Å². The maximum absolute atomic E-state index is 13.9. The molecule has 0 aromatic carbocycles. The van der Waals surface area contributed by atoms with Crippen LogP contribution in [0.15, 0.2) is 24.5 Å². The van der Waals surface area contributed by atoms with Crippen LogP contribution in [0.25, 0.3) is 16.9 Å². The monoisotopic (exact) mass is 494 g/mol. The molecular weight excluding hydrogens is 475 g/mol. The Bertz CT molecular complexity index is 1260. The Labute approximate surface area is 184 Å². The number of β-amino-alcohol motifs (C(OH)–C–C–N with tert-alkyl or cyclic N) is 1. The lowest BCUT2D eigenvalue weighted by atomic mass is 10.1. The lowest BCUT2D eigenvalue weighted by Gasteiger charge is -2.27. The van der Waals surface area contributed by atoms with E-state index in [1.54, 1.807) is 0 Å². The van der Waals surface area contributed by atoms with Gasteiger partial charge in [-0.15, -0.1) is 5.10 Å². The summed E-state index contributed by atoms with van der Waals surface area (Å²) < 4.78 is 89.3. The molecule has 3 aromatic rings. The third kappa shape index (κ3) is 5.72. The van der Waals surface area contributed by atoms with Gasteiger partial charge in [0.25, 0.3) is 0 Å². The third-order valence-electron chi connectivity index (χ3n) is 4.73. The van der Waals surface area contributed by atoms with E-state index >= 15 is 0 Å². The number of nitrogens with two attached hydrogens (primary N) is 1. The largest absolute Gasteiger partial charge is 0.417 e. The zero-order valence-corrected chi connectivity index (χ0v) is 17.9. The Balaban J connectivity index is 0.000000235. The summed E-state index contributed by atoms with van der Waals surface area (Å²) in [5.74, 6) is -2.25. The molecule has 1 unspecified atom stereocenters. The fourth-order valence-corrected chi connectivity index (χ4v) is 4.04. The lowest BCUT2D eigenvalue weighted by molar-refractivity contribution is -0.138. The average Bonchev–Trinajstić information content (AvgIpc) is 3.02. The SMILES string of the molecule is CS(=O)(=O)N1CCCC(O)C1.Nc1ncc2c(F)cc(-c3ncc(C(F)(F)F)cc3F)n2n1. The highest BCUT2D eigenvalue weighted by molar-refractivity contribution is 7.88. The molecule has 15 heteroatoms. The molecule has 1 aliphatic heterocycles. The van der Waals surface area contributed by atoms with Crippen LogP contribution in [0.1, 0.15) is 18.4 Å². The van der Waals surface area contributed by atoms with Crippen molar-refractivity contribution in [3.63, 3.8) is 0 Å². The number of piperidine rings is 1. The van der Waals surface area contributed by atoms with Crippen molar-refractivity contribution in [2.75, 3.05) is 25.1 Å². The Morgan fingerprint density at radius 1 is 1.15 bits per heavy atom. The maximum Gasteiger partial charge on any atom is 0.417 e. The van der Waals surface area contributed by atoms with Gasteiger partial charge in [-0.1, -0.05) is 0 Å². The first-order valence-corrected chi connectivity index (χ1v) is 11.3. The molecule has 1 aliphatic rings. The van der Waals surface area contributed by atoms with Gasteiger partial charge in [0.15, 0.2) is 11.6 Å². The van der Waals surface area contributed by atoms with Crippen molar-refractivity contribution in [2.24, 2.45) is 0 Å². The number of aliphatic hydroxyl groups excluding tert-OH is 1. The van der Waals surface area contributed by atoms with E-state index in [1.807, 2.05) is 0 Å². The van der Waals surface area contributed by atoms with Crippen LogP contribution in [0.2, 0.25) is 0 Å². The number of pyridine rings is 1. The van der Waals surface area contributed by atoms with Gasteiger partial charge in [0.1, 0.15) is 11.2 Å². The summed E-state index contributed by atoms with van der Waals surface area (Å²) in [6.07, 6.45) is -1.03. The predicted molar refractivity (Wildman–Crippen MR) is 107 cm³/mol. The normalized spacial score (nSPS) is 17.6. The van der Waals surface area contributed by atoms with Crippen molar-refractivity contribution >= 4 is 21.5 Å². The molecule has 33 heavy (non-hydrogen) atoms. The van der Waals surface area contributed by atoms with Gasteiger partial charge in [-0.05, 0) is 18.9 Å². The molecule has 1 fully saturated rings. The number of alkyl halides is 3. The van der Waals surface area contributed by atoms with E-state index < -0.39 is 45.2 Å². The minimum absolute atomic E-state index is 0.106. The molecule has 0 radical (unpaired) electrons. The number of nitrogens with zero attached hydrogens (tertiary/aromatic N) is 5. The number of halogens is 5. The van der Waals surface area contributed by atoms with Gasteiger partial charge in [-0.25, -0.2) is 26.7 Å².